The minimum Gasteiger partial charge on any atom is -0.419 e. The molecule has 1 fully saturated rings. The third kappa shape index (κ3) is 4.56. The molecule has 0 aliphatic heterocycles. The summed E-state index contributed by atoms with van der Waals surface area (Å²) in [5, 5.41) is 8.73. The van der Waals surface area contributed by atoms with Gasteiger partial charge in [-0.2, -0.15) is 0 Å². The Morgan fingerprint density at radius 3 is 2.57 bits per heavy atom. The first-order valence-electron chi connectivity index (χ1n) is 9.20. The van der Waals surface area contributed by atoms with Crippen molar-refractivity contribution >= 4 is 29.3 Å². The molecule has 1 heterocycles. The summed E-state index contributed by atoms with van der Waals surface area (Å²) in [6.07, 6.45) is 2.04. The van der Waals surface area contributed by atoms with Crippen LogP contribution in [0.25, 0.3) is 11.5 Å². The van der Waals surface area contributed by atoms with Crippen LogP contribution < -0.4 is 0 Å². The molecule has 0 radical (unpaired) electrons. The zero-order valence-corrected chi connectivity index (χ0v) is 17.0. The molecule has 1 unspecified atom stereocenters. The number of carbonyl (C=O) groups excluding carboxylic acids is 1. The Balaban J connectivity index is 1.45. The van der Waals surface area contributed by atoms with E-state index in [0.717, 1.165) is 23.3 Å². The van der Waals surface area contributed by atoms with Crippen molar-refractivity contribution in [3.63, 3.8) is 0 Å². The summed E-state index contributed by atoms with van der Waals surface area (Å²) >= 11 is 7.49. The summed E-state index contributed by atoms with van der Waals surface area (Å²) in [7, 11) is 0. The summed E-state index contributed by atoms with van der Waals surface area (Å²) in [5.74, 6) is 0.978. The summed E-state index contributed by atoms with van der Waals surface area (Å²) in [6.45, 7) is 2.28. The molecule has 2 aromatic carbocycles. The number of amides is 1. The second kappa shape index (κ2) is 8.37. The number of carbonyl (C=O) groups is 1. The van der Waals surface area contributed by atoms with Crippen LogP contribution in [0.5, 0.6) is 0 Å². The Bertz CT molecular complexity index is 942. The molecule has 0 saturated heterocycles. The van der Waals surface area contributed by atoms with Gasteiger partial charge in [-0.25, -0.2) is 0 Å². The topological polar surface area (TPSA) is 59.2 Å². The minimum absolute atomic E-state index is 0.0996. The van der Waals surface area contributed by atoms with Crippen molar-refractivity contribution in [1.29, 1.82) is 0 Å². The fourth-order valence-electron chi connectivity index (χ4n) is 2.93. The smallest absolute Gasteiger partial charge is 0.247 e. The predicted molar refractivity (Wildman–Crippen MR) is 110 cm³/mol. The molecule has 1 aliphatic rings. The standard InChI is InChI=1S/C21H20ClN3O2S/c1-14(28-18-5-3-2-4-6-18)21(26)25(17-11-12-17)13-19-23-24-20(27-19)15-7-9-16(22)10-8-15/h2-10,14,17H,11-13H2,1H3. The zero-order chi connectivity index (χ0) is 19.5. The Morgan fingerprint density at radius 2 is 1.89 bits per heavy atom. The van der Waals surface area contributed by atoms with Crippen molar-refractivity contribution in [3.8, 4) is 11.5 Å². The summed E-state index contributed by atoms with van der Waals surface area (Å²) in [5.41, 5.74) is 0.806. The number of benzene rings is 2. The van der Waals surface area contributed by atoms with Crippen LogP contribution in [-0.2, 0) is 11.3 Å². The first-order valence-corrected chi connectivity index (χ1v) is 10.5. The average molecular weight is 414 g/mol. The van der Waals surface area contributed by atoms with Crippen LogP contribution in [0, 0.1) is 0 Å². The molecule has 5 nitrogen and oxygen atoms in total. The van der Waals surface area contributed by atoms with Gasteiger partial charge in [0.15, 0.2) is 0 Å². The molecule has 0 N–H and O–H groups in total. The average Bonchev–Trinajstić information content (AvgIpc) is 3.45. The third-order valence-electron chi connectivity index (χ3n) is 4.54. The number of halogens is 1. The lowest BCUT2D eigenvalue weighted by Gasteiger charge is -2.24. The first kappa shape index (κ1) is 19.0. The molecule has 28 heavy (non-hydrogen) atoms. The maximum Gasteiger partial charge on any atom is 0.247 e. The maximum atomic E-state index is 13.0. The zero-order valence-electron chi connectivity index (χ0n) is 15.4. The lowest BCUT2D eigenvalue weighted by Crippen LogP contribution is -2.37. The highest BCUT2D eigenvalue weighted by atomic mass is 35.5. The van der Waals surface area contributed by atoms with Crippen LogP contribution in [0.2, 0.25) is 5.02 Å². The lowest BCUT2D eigenvalue weighted by atomic mass is 10.2. The molecule has 0 bridgehead atoms. The van der Waals surface area contributed by atoms with E-state index in [1.807, 2.05) is 54.3 Å². The molecule has 3 aromatic rings. The Labute approximate surface area is 173 Å². The van der Waals surface area contributed by atoms with Crippen molar-refractivity contribution in [2.75, 3.05) is 0 Å². The van der Waals surface area contributed by atoms with Gasteiger partial charge in [-0.05, 0) is 56.2 Å². The van der Waals surface area contributed by atoms with E-state index < -0.39 is 0 Å². The number of thioether (sulfide) groups is 1. The van der Waals surface area contributed by atoms with Crippen LogP contribution in [0.4, 0.5) is 0 Å². The molecule has 7 heteroatoms. The van der Waals surface area contributed by atoms with Gasteiger partial charge in [-0.3, -0.25) is 4.79 Å². The van der Waals surface area contributed by atoms with Crippen molar-refractivity contribution in [2.45, 2.75) is 42.5 Å². The highest BCUT2D eigenvalue weighted by Gasteiger charge is 2.36. The molecule has 1 aliphatic carbocycles. The lowest BCUT2D eigenvalue weighted by molar-refractivity contribution is -0.131. The third-order valence-corrected chi connectivity index (χ3v) is 5.89. The number of rotatable bonds is 7. The largest absolute Gasteiger partial charge is 0.419 e. The van der Waals surface area contributed by atoms with Crippen LogP contribution in [0.3, 0.4) is 0 Å². The molecule has 144 valence electrons. The van der Waals surface area contributed by atoms with Gasteiger partial charge in [0.2, 0.25) is 17.7 Å². The van der Waals surface area contributed by atoms with E-state index in [2.05, 4.69) is 10.2 Å². The van der Waals surface area contributed by atoms with Crippen molar-refractivity contribution in [3.05, 3.63) is 65.5 Å². The van der Waals surface area contributed by atoms with Crippen LogP contribution in [0.15, 0.2) is 63.9 Å². The highest BCUT2D eigenvalue weighted by molar-refractivity contribution is 8.00. The molecule has 1 saturated carbocycles. The summed E-state index contributed by atoms with van der Waals surface area (Å²) in [4.78, 5) is 16.0. The molecule has 1 amide bonds. The number of hydrogen-bond acceptors (Lipinski definition) is 5. The first-order chi connectivity index (χ1) is 13.6. The molecular weight excluding hydrogens is 394 g/mol. The molecule has 0 spiro atoms. The fraction of sp³-hybridized carbons (Fsp3) is 0.286. The Kier molecular flexibility index (Phi) is 5.69. The second-order valence-electron chi connectivity index (χ2n) is 6.78. The van der Waals surface area contributed by atoms with E-state index >= 15 is 0 Å². The van der Waals surface area contributed by atoms with Crippen molar-refractivity contribution < 1.29 is 9.21 Å². The van der Waals surface area contributed by atoms with Crippen molar-refractivity contribution in [2.24, 2.45) is 0 Å². The van der Waals surface area contributed by atoms with Crippen LogP contribution in [0.1, 0.15) is 25.7 Å². The number of hydrogen-bond donors (Lipinski definition) is 0. The van der Waals surface area contributed by atoms with Gasteiger partial charge >= 0.3 is 0 Å². The van der Waals surface area contributed by atoms with E-state index in [-0.39, 0.29) is 17.2 Å². The van der Waals surface area contributed by atoms with Gasteiger partial charge in [0.05, 0.1) is 11.8 Å². The van der Waals surface area contributed by atoms with Gasteiger partial charge in [-0.15, -0.1) is 22.0 Å². The maximum absolute atomic E-state index is 13.0. The van der Waals surface area contributed by atoms with Crippen molar-refractivity contribution in [1.82, 2.24) is 15.1 Å². The van der Waals surface area contributed by atoms with Gasteiger partial charge in [0.1, 0.15) is 0 Å². The molecule has 1 atom stereocenters. The monoisotopic (exact) mass is 413 g/mol. The highest BCUT2D eigenvalue weighted by Crippen LogP contribution is 2.32. The number of nitrogens with zero attached hydrogens (tertiary/aromatic N) is 3. The van der Waals surface area contributed by atoms with E-state index in [1.165, 1.54) is 0 Å². The number of aromatic nitrogens is 2. The SMILES string of the molecule is CC(Sc1ccccc1)C(=O)N(Cc1nnc(-c2ccc(Cl)cc2)o1)C1CC1. The fourth-order valence-corrected chi connectivity index (χ4v) is 4.02. The minimum atomic E-state index is -0.179. The van der Waals surface area contributed by atoms with Gasteiger partial charge in [-0.1, -0.05) is 29.8 Å². The molecule has 4 rings (SSSR count). The van der Waals surface area contributed by atoms with E-state index in [1.54, 1.807) is 23.9 Å². The normalized spacial score (nSPS) is 14.6. The Hall–Kier alpha value is -2.31. The molecule has 1 aromatic heterocycles. The summed E-state index contributed by atoms with van der Waals surface area (Å²) < 4.78 is 5.80. The predicted octanol–water partition coefficient (Wildman–Crippen LogP) is 5.06. The second-order valence-corrected chi connectivity index (χ2v) is 8.63. The quantitative estimate of drug-likeness (QED) is 0.506. The Morgan fingerprint density at radius 1 is 1.18 bits per heavy atom. The molecular formula is C21H20ClN3O2S. The van der Waals surface area contributed by atoms with E-state index in [4.69, 9.17) is 16.0 Å². The van der Waals surface area contributed by atoms with Crippen LogP contribution in [-0.4, -0.2) is 32.3 Å². The van der Waals surface area contributed by atoms with Gasteiger partial charge in [0, 0.05) is 21.5 Å². The van der Waals surface area contributed by atoms with Crippen LogP contribution >= 0.6 is 23.4 Å². The van der Waals surface area contributed by atoms with Gasteiger partial charge in [0.25, 0.3) is 0 Å². The summed E-state index contributed by atoms with van der Waals surface area (Å²) in [6, 6.07) is 17.5. The van der Waals surface area contributed by atoms with E-state index in [0.29, 0.717) is 23.3 Å². The van der Waals surface area contributed by atoms with Gasteiger partial charge < -0.3 is 9.32 Å². The van der Waals surface area contributed by atoms with E-state index in [9.17, 15) is 4.79 Å².